The van der Waals surface area contributed by atoms with Crippen LogP contribution in [0.15, 0.2) is 64.9 Å². The van der Waals surface area contributed by atoms with Crippen LogP contribution in [0.4, 0.5) is 13.2 Å². The second kappa shape index (κ2) is 9.00. The normalized spacial score (nSPS) is 18.7. The van der Waals surface area contributed by atoms with Gasteiger partial charge in [0, 0.05) is 18.4 Å². The minimum Gasteiger partial charge on any atom is -0.456 e. The molecule has 2 atom stereocenters. The van der Waals surface area contributed by atoms with Crippen LogP contribution in [-0.4, -0.2) is 42.5 Å². The van der Waals surface area contributed by atoms with E-state index in [4.69, 9.17) is 8.92 Å². The third-order valence-corrected chi connectivity index (χ3v) is 6.94. The number of β-lactam (4-membered cyclic amide) rings is 1. The molecular formula is C23H20F3NO7S. The van der Waals surface area contributed by atoms with Crippen molar-refractivity contribution in [1.82, 2.24) is 4.90 Å². The van der Waals surface area contributed by atoms with E-state index in [0.717, 1.165) is 17.0 Å². The van der Waals surface area contributed by atoms with Gasteiger partial charge in [-0.1, -0.05) is 42.5 Å². The zero-order chi connectivity index (χ0) is 25.5. The van der Waals surface area contributed by atoms with Gasteiger partial charge in [-0.3, -0.25) is 9.69 Å². The molecule has 0 aliphatic carbocycles. The zero-order valence-corrected chi connectivity index (χ0v) is 19.1. The predicted octanol–water partition coefficient (Wildman–Crippen LogP) is 3.26. The molecule has 1 N–H and O–H groups in total. The third-order valence-electron chi connectivity index (χ3n) is 5.63. The van der Waals surface area contributed by atoms with Crippen LogP contribution in [-0.2, 0) is 35.2 Å². The summed E-state index contributed by atoms with van der Waals surface area (Å²) < 4.78 is 76.0. The molecule has 2 unspecified atom stereocenters. The minimum atomic E-state index is -5.13. The molecule has 0 saturated carbocycles. The number of aryl methyl sites for hydroxylation is 1. The summed E-state index contributed by atoms with van der Waals surface area (Å²) in [7, 11) is -4.94. The van der Waals surface area contributed by atoms with Gasteiger partial charge in [-0.15, -0.1) is 0 Å². The molecule has 12 heteroatoms. The fourth-order valence-electron chi connectivity index (χ4n) is 3.91. The second-order valence-corrected chi connectivity index (χ2v) is 9.70. The smallest absolute Gasteiger partial charge is 0.418 e. The van der Waals surface area contributed by atoms with E-state index < -0.39 is 62.2 Å². The van der Waals surface area contributed by atoms with Crippen molar-refractivity contribution in [2.45, 2.75) is 49.6 Å². The van der Waals surface area contributed by atoms with Gasteiger partial charge in [0.05, 0.1) is 6.04 Å². The molecule has 2 heterocycles. The number of aliphatic hydroxyl groups is 1. The molecule has 2 aliphatic rings. The molecule has 8 nitrogen and oxygen atoms in total. The lowest BCUT2D eigenvalue weighted by Gasteiger charge is -2.34. The monoisotopic (exact) mass is 511 g/mol. The molecule has 0 spiro atoms. The Morgan fingerprint density at radius 1 is 1.17 bits per heavy atom. The molecular weight excluding hydrogens is 491 g/mol. The maximum absolute atomic E-state index is 13.2. The van der Waals surface area contributed by atoms with Crippen molar-refractivity contribution < 1.29 is 45.2 Å². The molecule has 0 aromatic heterocycles. The Morgan fingerprint density at radius 3 is 2.49 bits per heavy atom. The molecule has 0 radical (unpaired) electrons. The second-order valence-electron chi connectivity index (χ2n) is 8.18. The highest BCUT2D eigenvalue weighted by Crippen LogP contribution is 2.42. The van der Waals surface area contributed by atoms with E-state index >= 15 is 0 Å². The van der Waals surface area contributed by atoms with Crippen molar-refractivity contribution in [3.63, 3.8) is 0 Å². The number of hydrogen-bond donors (Lipinski definition) is 1. The van der Waals surface area contributed by atoms with Crippen LogP contribution in [0.3, 0.4) is 0 Å². The Bertz CT molecular complexity index is 1310. The first-order valence-electron chi connectivity index (χ1n) is 10.4. The summed E-state index contributed by atoms with van der Waals surface area (Å²) in [6.07, 6.45) is -8.30. The fourth-order valence-corrected chi connectivity index (χ4v) is 5.21. The van der Waals surface area contributed by atoms with Gasteiger partial charge in [-0.25, -0.2) is 4.79 Å². The number of esters is 1. The lowest BCUT2D eigenvalue weighted by Crippen LogP contribution is -2.49. The Morgan fingerprint density at radius 2 is 1.86 bits per heavy atom. The molecule has 1 saturated heterocycles. The zero-order valence-electron chi connectivity index (χ0n) is 18.3. The van der Waals surface area contributed by atoms with E-state index in [1.54, 1.807) is 30.3 Å². The van der Waals surface area contributed by atoms with Gasteiger partial charge >= 0.3 is 22.3 Å². The molecule has 186 valence electrons. The number of halogens is 3. The van der Waals surface area contributed by atoms with Crippen LogP contribution in [0, 0.1) is 6.92 Å². The Balaban J connectivity index is 1.67. The van der Waals surface area contributed by atoms with Crippen molar-refractivity contribution in [2.24, 2.45) is 0 Å². The SMILES string of the molecule is Cc1ccc(C(O)C(F)(F)F)c(S(=O)(=O)OC2=C(C(=O)OCc3ccccc3)N3C(=O)CC3C2)c1. The standard InChI is InChI=1S/C23H20F3NO7S/c1-13-7-8-16(21(29)23(24,25)26)18(9-13)35(31,32)34-17-10-15-11-19(28)27(15)20(17)22(30)33-12-14-5-3-2-4-6-14/h2-9,15,21,29H,10-12H2,1H3. The number of carbonyl (C=O) groups excluding carboxylic acids is 2. The van der Waals surface area contributed by atoms with E-state index in [1.807, 2.05) is 0 Å². The van der Waals surface area contributed by atoms with Gasteiger partial charge in [0.15, 0.2) is 17.6 Å². The highest BCUT2D eigenvalue weighted by Gasteiger charge is 2.50. The van der Waals surface area contributed by atoms with Crippen LogP contribution >= 0.6 is 0 Å². The number of ether oxygens (including phenoxy) is 1. The maximum Gasteiger partial charge on any atom is 0.418 e. The topological polar surface area (TPSA) is 110 Å². The summed E-state index contributed by atoms with van der Waals surface area (Å²) in [5, 5.41) is 9.72. The summed E-state index contributed by atoms with van der Waals surface area (Å²) in [4.78, 5) is 25.1. The Hall–Kier alpha value is -3.38. The van der Waals surface area contributed by atoms with Crippen molar-refractivity contribution in [3.05, 3.63) is 76.7 Å². The van der Waals surface area contributed by atoms with E-state index in [0.29, 0.717) is 11.1 Å². The molecule has 2 aromatic rings. The van der Waals surface area contributed by atoms with Crippen LogP contribution in [0.2, 0.25) is 0 Å². The number of aliphatic hydroxyl groups excluding tert-OH is 1. The van der Waals surface area contributed by atoms with E-state index in [1.165, 1.54) is 13.0 Å². The van der Waals surface area contributed by atoms with Gasteiger partial charge in [0.25, 0.3) is 0 Å². The largest absolute Gasteiger partial charge is 0.456 e. The molecule has 1 amide bonds. The Labute approximate surface area is 198 Å². The van der Waals surface area contributed by atoms with Gasteiger partial charge < -0.3 is 14.0 Å². The van der Waals surface area contributed by atoms with Crippen LogP contribution in [0.25, 0.3) is 0 Å². The average molecular weight is 511 g/mol. The number of nitrogens with zero attached hydrogens (tertiary/aromatic N) is 1. The van der Waals surface area contributed by atoms with E-state index in [9.17, 15) is 36.3 Å². The van der Waals surface area contributed by atoms with E-state index in [2.05, 4.69) is 0 Å². The lowest BCUT2D eigenvalue weighted by atomic mass is 10.0. The van der Waals surface area contributed by atoms with Crippen LogP contribution in [0.1, 0.15) is 35.6 Å². The maximum atomic E-state index is 13.2. The molecule has 4 rings (SSSR count). The Kier molecular flexibility index (Phi) is 6.36. The number of alkyl halides is 3. The summed E-state index contributed by atoms with van der Waals surface area (Å²) in [5.41, 5.74) is -0.385. The molecule has 35 heavy (non-hydrogen) atoms. The van der Waals surface area contributed by atoms with Gasteiger partial charge in [-0.05, 0) is 24.1 Å². The first-order valence-corrected chi connectivity index (χ1v) is 11.9. The number of carbonyl (C=O) groups is 2. The van der Waals surface area contributed by atoms with Gasteiger partial charge in [0.1, 0.15) is 11.5 Å². The van der Waals surface area contributed by atoms with Crippen molar-refractivity contribution in [2.75, 3.05) is 0 Å². The summed E-state index contributed by atoms with van der Waals surface area (Å²) in [6.45, 7) is 1.30. The molecule has 2 aromatic carbocycles. The average Bonchev–Trinajstić information content (AvgIpc) is 3.08. The van der Waals surface area contributed by atoms with Gasteiger partial charge in [-0.2, -0.15) is 21.6 Å². The molecule has 0 bridgehead atoms. The minimum absolute atomic E-state index is 0.0465. The molecule has 1 fully saturated rings. The first-order chi connectivity index (χ1) is 16.4. The summed E-state index contributed by atoms with van der Waals surface area (Å²) >= 11 is 0. The number of amides is 1. The fraction of sp³-hybridized carbons (Fsp3) is 0.304. The van der Waals surface area contributed by atoms with Crippen LogP contribution in [0.5, 0.6) is 0 Å². The summed E-state index contributed by atoms with van der Waals surface area (Å²) in [5.74, 6) is -1.86. The highest BCUT2D eigenvalue weighted by molar-refractivity contribution is 7.87. The van der Waals surface area contributed by atoms with Crippen molar-refractivity contribution in [3.8, 4) is 0 Å². The number of benzene rings is 2. The number of hydrogen-bond acceptors (Lipinski definition) is 7. The summed E-state index contributed by atoms with van der Waals surface area (Å²) in [6, 6.07) is 11.1. The first kappa shape index (κ1) is 24.7. The number of fused-ring (bicyclic) bond motifs is 1. The predicted molar refractivity (Wildman–Crippen MR) is 114 cm³/mol. The van der Waals surface area contributed by atoms with Crippen LogP contribution < -0.4 is 0 Å². The third kappa shape index (κ3) is 4.89. The highest BCUT2D eigenvalue weighted by atomic mass is 32.2. The van der Waals surface area contributed by atoms with Crippen molar-refractivity contribution >= 4 is 22.0 Å². The molecule has 2 aliphatic heterocycles. The van der Waals surface area contributed by atoms with Gasteiger partial charge in [0.2, 0.25) is 5.91 Å². The lowest BCUT2D eigenvalue weighted by molar-refractivity contribution is -0.207. The van der Waals surface area contributed by atoms with E-state index in [-0.39, 0.29) is 19.4 Å². The van der Waals surface area contributed by atoms with Crippen molar-refractivity contribution in [1.29, 1.82) is 0 Å². The number of rotatable bonds is 7. The quantitative estimate of drug-likeness (QED) is 0.345.